The normalized spacial score (nSPS) is 27.3. The first-order valence-corrected chi connectivity index (χ1v) is 8.70. The zero-order valence-electron chi connectivity index (χ0n) is 14.1. The van der Waals surface area contributed by atoms with Crippen LogP contribution in [0.25, 0.3) is 0 Å². The molecule has 2 aliphatic heterocycles. The van der Waals surface area contributed by atoms with Gasteiger partial charge in [0, 0.05) is 26.2 Å². The van der Waals surface area contributed by atoms with Crippen molar-refractivity contribution in [1.29, 1.82) is 0 Å². The molecule has 2 fully saturated rings. The van der Waals surface area contributed by atoms with Crippen LogP contribution in [0.4, 0.5) is 10.3 Å². The zero-order chi connectivity index (χ0) is 16.2. The van der Waals surface area contributed by atoms with Gasteiger partial charge in [0.25, 0.3) is 0 Å². The summed E-state index contributed by atoms with van der Waals surface area (Å²) in [5.74, 6) is 1.04. The Bertz CT molecular complexity index is 480. The van der Waals surface area contributed by atoms with Crippen molar-refractivity contribution in [2.75, 3.05) is 37.6 Å². The first-order valence-electron chi connectivity index (χ1n) is 8.70. The Hall–Kier alpha value is -1.27. The van der Waals surface area contributed by atoms with Crippen LogP contribution < -0.4 is 4.90 Å². The standard InChI is InChI=1S/C17H27FN4O/c1-13-11-21(12-14(2)23-13)6-3-15-4-7-22(8-5-15)17-19-9-16(18)10-20-17/h9-10,13-15H,3-8,11-12H2,1-2H3/t13-,14+. The maximum absolute atomic E-state index is 12.9. The molecule has 0 saturated carbocycles. The smallest absolute Gasteiger partial charge is 0.225 e. The molecule has 2 aliphatic rings. The minimum absolute atomic E-state index is 0.344. The van der Waals surface area contributed by atoms with E-state index >= 15 is 0 Å². The van der Waals surface area contributed by atoms with Gasteiger partial charge in [0.1, 0.15) is 0 Å². The van der Waals surface area contributed by atoms with Gasteiger partial charge in [0.2, 0.25) is 5.95 Å². The lowest BCUT2D eigenvalue weighted by atomic mass is 9.93. The van der Waals surface area contributed by atoms with Crippen LogP contribution in [0.2, 0.25) is 0 Å². The Morgan fingerprint density at radius 2 is 1.74 bits per heavy atom. The lowest BCUT2D eigenvalue weighted by molar-refractivity contribution is -0.0690. The van der Waals surface area contributed by atoms with Gasteiger partial charge in [-0.15, -0.1) is 0 Å². The molecular weight excluding hydrogens is 295 g/mol. The van der Waals surface area contributed by atoms with E-state index in [1.165, 1.54) is 18.8 Å². The molecule has 0 N–H and O–H groups in total. The van der Waals surface area contributed by atoms with Gasteiger partial charge in [0.05, 0.1) is 24.6 Å². The van der Waals surface area contributed by atoms with Gasteiger partial charge in [-0.05, 0) is 45.6 Å². The van der Waals surface area contributed by atoms with E-state index in [0.717, 1.165) is 51.5 Å². The number of piperidine rings is 1. The second-order valence-corrected chi connectivity index (χ2v) is 6.94. The summed E-state index contributed by atoms with van der Waals surface area (Å²) in [7, 11) is 0. The van der Waals surface area contributed by atoms with E-state index in [1.54, 1.807) is 0 Å². The minimum Gasteiger partial charge on any atom is -0.373 e. The molecule has 3 rings (SSSR count). The van der Waals surface area contributed by atoms with Gasteiger partial charge in [-0.3, -0.25) is 4.90 Å². The van der Waals surface area contributed by atoms with Gasteiger partial charge in [-0.1, -0.05) is 0 Å². The van der Waals surface area contributed by atoms with E-state index in [-0.39, 0.29) is 5.82 Å². The van der Waals surface area contributed by atoms with E-state index < -0.39 is 0 Å². The van der Waals surface area contributed by atoms with Crippen molar-refractivity contribution in [2.45, 2.75) is 45.3 Å². The van der Waals surface area contributed by atoms with Crippen molar-refractivity contribution < 1.29 is 9.13 Å². The highest BCUT2D eigenvalue weighted by Gasteiger charge is 2.25. The number of hydrogen-bond acceptors (Lipinski definition) is 5. The molecule has 0 unspecified atom stereocenters. The third kappa shape index (κ3) is 4.61. The number of morpholine rings is 1. The molecule has 3 heterocycles. The molecule has 0 radical (unpaired) electrons. The van der Waals surface area contributed by atoms with E-state index in [9.17, 15) is 4.39 Å². The van der Waals surface area contributed by atoms with Crippen LogP contribution in [-0.4, -0.2) is 59.8 Å². The van der Waals surface area contributed by atoms with Crippen molar-refractivity contribution >= 4 is 5.95 Å². The molecule has 128 valence electrons. The molecule has 1 aromatic rings. The summed E-state index contributed by atoms with van der Waals surface area (Å²) in [6, 6.07) is 0. The van der Waals surface area contributed by atoms with Gasteiger partial charge in [0.15, 0.2) is 5.82 Å². The molecule has 0 aromatic carbocycles. The maximum Gasteiger partial charge on any atom is 0.225 e. The van der Waals surface area contributed by atoms with Crippen LogP contribution in [0.5, 0.6) is 0 Å². The second kappa shape index (κ2) is 7.53. The van der Waals surface area contributed by atoms with Crippen LogP contribution in [0, 0.1) is 11.7 Å². The van der Waals surface area contributed by atoms with Crippen molar-refractivity contribution in [3.8, 4) is 0 Å². The van der Waals surface area contributed by atoms with Crippen LogP contribution in [0.1, 0.15) is 33.1 Å². The molecule has 1 aromatic heterocycles. The lowest BCUT2D eigenvalue weighted by Gasteiger charge is -2.37. The van der Waals surface area contributed by atoms with Crippen molar-refractivity contribution in [2.24, 2.45) is 5.92 Å². The molecule has 5 nitrogen and oxygen atoms in total. The first-order chi connectivity index (χ1) is 11.1. The summed E-state index contributed by atoms with van der Waals surface area (Å²) in [6.45, 7) is 9.50. The number of aromatic nitrogens is 2. The number of nitrogens with zero attached hydrogens (tertiary/aromatic N) is 4. The van der Waals surface area contributed by atoms with Gasteiger partial charge in [-0.25, -0.2) is 14.4 Å². The van der Waals surface area contributed by atoms with E-state index in [4.69, 9.17) is 4.74 Å². The van der Waals surface area contributed by atoms with Gasteiger partial charge in [-0.2, -0.15) is 0 Å². The van der Waals surface area contributed by atoms with Crippen molar-refractivity contribution in [3.05, 3.63) is 18.2 Å². The third-order valence-electron chi connectivity index (χ3n) is 4.85. The third-order valence-corrected chi connectivity index (χ3v) is 4.85. The van der Waals surface area contributed by atoms with Crippen LogP contribution in [0.15, 0.2) is 12.4 Å². The predicted octanol–water partition coefficient (Wildman–Crippen LogP) is 2.33. The topological polar surface area (TPSA) is 41.5 Å². The van der Waals surface area contributed by atoms with Crippen LogP contribution in [0.3, 0.4) is 0 Å². The number of halogens is 1. The Morgan fingerprint density at radius 3 is 2.35 bits per heavy atom. The largest absolute Gasteiger partial charge is 0.373 e. The summed E-state index contributed by atoms with van der Waals surface area (Å²) in [4.78, 5) is 12.9. The van der Waals surface area contributed by atoms with Crippen molar-refractivity contribution in [3.63, 3.8) is 0 Å². The number of ether oxygens (including phenoxy) is 1. The maximum atomic E-state index is 12.9. The SMILES string of the molecule is C[C@@H]1CN(CCC2CCN(c3ncc(F)cn3)CC2)C[C@H](C)O1. The highest BCUT2D eigenvalue weighted by Crippen LogP contribution is 2.24. The molecule has 23 heavy (non-hydrogen) atoms. The summed E-state index contributed by atoms with van der Waals surface area (Å²) in [5.41, 5.74) is 0. The fourth-order valence-corrected chi connectivity index (χ4v) is 3.72. The summed E-state index contributed by atoms with van der Waals surface area (Å²) in [6.07, 6.45) is 6.75. The molecule has 0 aliphatic carbocycles. The Morgan fingerprint density at radius 1 is 1.13 bits per heavy atom. The number of rotatable bonds is 4. The quantitative estimate of drug-likeness (QED) is 0.851. The van der Waals surface area contributed by atoms with Crippen molar-refractivity contribution in [1.82, 2.24) is 14.9 Å². The fourth-order valence-electron chi connectivity index (χ4n) is 3.72. The molecule has 0 bridgehead atoms. The summed E-state index contributed by atoms with van der Waals surface area (Å²) >= 11 is 0. The zero-order valence-corrected chi connectivity index (χ0v) is 14.1. The number of anilines is 1. The molecule has 0 amide bonds. The average molecular weight is 322 g/mol. The van der Waals surface area contributed by atoms with E-state index in [0.29, 0.717) is 18.2 Å². The Labute approximate surface area is 137 Å². The first kappa shape index (κ1) is 16.6. The van der Waals surface area contributed by atoms with E-state index in [2.05, 4.69) is 33.6 Å². The number of hydrogen-bond donors (Lipinski definition) is 0. The van der Waals surface area contributed by atoms with Gasteiger partial charge >= 0.3 is 0 Å². The Balaban J connectivity index is 1.41. The molecule has 2 atom stereocenters. The Kier molecular flexibility index (Phi) is 5.43. The van der Waals surface area contributed by atoms with E-state index in [1.807, 2.05) is 0 Å². The second-order valence-electron chi connectivity index (χ2n) is 6.94. The monoisotopic (exact) mass is 322 g/mol. The molecule has 6 heteroatoms. The predicted molar refractivity (Wildman–Crippen MR) is 88.0 cm³/mol. The highest BCUT2D eigenvalue weighted by atomic mass is 19.1. The highest BCUT2D eigenvalue weighted by molar-refractivity contribution is 5.29. The molecule has 2 saturated heterocycles. The summed E-state index contributed by atoms with van der Waals surface area (Å²) < 4.78 is 18.7. The summed E-state index contributed by atoms with van der Waals surface area (Å²) in [5, 5.41) is 0. The molecular formula is C17H27FN4O. The lowest BCUT2D eigenvalue weighted by Crippen LogP contribution is -2.46. The fraction of sp³-hybridized carbons (Fsp3) is 0.765. The molecule has 0 spiro atoms. The average Bonchev–Trinajstić information content (AvgIpc) is 2.53. The minimum atomic E-state index is -0.377. The van der Waals surface area contributed by atoms with Gasteiger partial charge < -0.3 is 9.64 Å². The van der Waals surface area contributed by atoms with Crippen LogP contribution >= 0.6 is 0 Å². The van der Waals surface area contributed by atoms with Crippen LogP contribution in [-0.2, 0) is 4.74 Å².